The van der Waals surface area contributed by atoms with Gasteiger partial charge in [0, 0.05) is 27.2 Å². The topological polar surface area (TPSA) is 15.8 Å². The number of nitrogens with one attached hydrogen (secondary N) is 1. The third-order valence-electron chi connectivity index (χ3n) is 6.41. The number of hydrogen-bond donors (Lipinski definition) is 1. The van der Waals surface area contributed by atoms with E-state index in [1.165, 1.54) is 55.2 Å². The first-order chi connectivity index (χ1) is 13.6. The first-order valence-electron chi connectivity index (χ1n) is 9.89. The molecule has 1 N–H and O–H groups in total. The van der Waals surface area contributed by atoms with Crippen LogP contribution in [0.25, 0.3) is 44.1 Å². The molecule has 134 valence electrons. The second-order valence-electron chi connectivity index (χ2n) is 8.33. The quantitative estimate of drug-likeness (QED) is 0.323. The standard InChI is InChI=1S/C27H21N/c1-27(2)21-11-7-6-10-19(21)25-22(27)14-15-23-26(25)20-13-12-18(16-24(20)28-23)17-8-4-3-5-9-17/h3-16,28H,1-2H3. The van der Waals surface area contributed by atoms with Crippen molar-refractivity contribution in [2.24, 2.45) is 0 Å². The van der Waals surface area contributed by atoms with Gasteiger partial charge in [-0.05, 0) is 45.5 Å². The van der Waals surface area contributed by atoms with E-state index >= 15 is 0 Å². The van der Waals surface area contributed by atoms with Crippen LogP contribution in [-0.4, -0.2) is 4.98 Å². The Hall–Kier alpha value is -3.32. The molecule has 1 heteroatoms. The van der Waals surface area contributed by atoms with Gasteiger partial charge < -0.3 is 4.98 Å². The largest absolute Gasteiger partial charge is 0.354 e. The molecular weight excluding hydrogens is 338 g/mol. The maximum atomic E-state index is 3.68. The van der Waals surface area contributed by atoms with Crippen LogP contribution < -0.4 is 0 Å². The van der Waals surface area contributed by atoms with Crippen LogP contribution in [0.15, 0.2) is 84.9 Å². The fraction of sp³-hybridized carbons (Fsp3) is 0.111. The summed E-state index contributed by atoms with van der Waals surface area (Å²) < 4.78 is 0. The molecule has 1 aliphatic rings. The Labute approximate surface area is 164 Å². The predicted molar refractivity (Wildman–Crippen MR) is 119 cm³/mol. The lowest BCUT2D eigenvalue weighted by molar-refractivity contribution is 0.661. The molecule has 28 heavy (non-hydrogen) atoms. The van der Waals surface area contributed by atoms with Crippen LogP contribution in [0.2, 0.25) is 0 Å². The Bertz CT molecular complexity index is 1370. The van der Waals surface area contributed by atoms with Crippen molar-refractivity contribution in [2.45, 2.75) is 19.3 Å². The minimum atomic E-state index is 0.0354. The summed E-state index contributed by atoms with van der Waals surface area (Å²) in [6, 6.07) is 30.8. The van der Waals surface area contributed by atoms with Gasteiger partial charge in [0.1, 0.15) is 0 Å². The van der Waals surface area contributed by atoms with Gasteiger partial charge in [-0.15, -0.1) is 0 Å². The molecule has 1 aliphatic carbocycles. The Kier molecular flexibility index (Phi) is 3.01. The van der Waals surface area contributed by atoms with Crippen LogP contribution in [0, 0.1) is 0 Å². The molecule has 0 amide bonds. The zero-order chi connectivity index (χ0) is 18.9. The average molecular weight is 359 g/mol. The summed E-state index contributed by atoms with van der Waals surface area (Å²) in [4.78, 5) is 3.68. The molecule has 6 rings (SSSR count). The zero-order valence-electron chi connectivity index (χ0n) is 16.1. The third kappa shape index (κ3) is 1.96. The van der Waals surface area contributed by atoms with E-state index in [0.29, 0.717) is 0 Å². The van der Waals surface area contributed by atoms with Gasteiger partial charge in [-0.25, -0.2) is 0 Å². The molecule has 1 heterocycles. The van der Waals surface area contributed by atoms with Crippen LogP contribution >= 0.6 is 0 Å². The van der Waals surface area contributed by atoms with Gasteiger partial charge in [0.05, 0.1) is 0 Å². The Morgan fingerprint density at radius 3 is 2.29 bits per heavy atom. The van der Waals surface area contributed by atoms with Crippen molar-refractivity contribution in [2.75, 3.05) is 0 Å². The minimum Gasteiger partial charge on any atom is -0.354 e. The van der Waals surface area contributed by atoms with Crippen LogP contribution in [0.5, 0.6) is 0 Å². The number of aromatic amines is 1. The Morgan fingerprint density at radius 2 is 1.43 bits per heavy atom. The summed E-state index contributed by atoms with van der Waals surface area (Å²) in [5.74, 6) is 0. The van der Waals surface area contributed by atoms with Gasteiger partial charge in [0.2, 0.25) is 0 Å². The molecule has 0 unspecified atom stereocenters. The SMILES string of the molecule is CC1(C)c2ccccc2-c2c1ccc1[nH]c3cc(-c4ccccc4)ccc3c21. The van der Waals surface area contributed by atoms with Crippen LogP contribution in [0.4, 0.5) is 0 Å². The Balaban J connectivity index is 1.69. The molecule has 0 saturated heterocycles. The highest BCUT2D eigenvalue weighted by molar-refractivity contribution is 6.17. The maximum absolute atomic E-state index is 3.68. The summed E-state index contributed by atoms with van der Waals surface area (Å²) in [6.45, 7) is 4.68. The molecule has 0 saturated carbocycles. The summed E-state index contributed by atoms with van der Waals surface area (Å²) in [7, 11) is 0. The second kappa shape index (κ2) is 5.36. The summed E-state index contributed by atoms with van der Waals surface area (Å²) in [5, 5.41) is 2.66. The Morgan fingerprint density at radius 1 is 0.643 bits per heavy atom. The van der Waals surface area contributed by atoms with E-state index in [9.17, 15) is 0 Å². The number of rotatable bonds is 1. The molecule has 1 aromatic heterocycles. The second-order valence-corrected chi connectivity index (χ2v) is 8.33. The number of benzene rings is 4. The molecule has 0 radical (unpaired) electrons. The fourth-order valence-corrected chi connectivity index (χ4v) is 5.00. The predicted octanol–water partition coefficient (Wildman–Crippen LogP) is 7.29. The summed E-state index contributed by atoms with van der Waals surface area (Å²) >= 11 is 0. The number of aromatic nitrogens is 1. The van der Waals surface area contributed by atoms with Crippen molar-refractivity contribution in [3.8, 4) is 22.3 Å². The van der Waals surface area contributed by atoms with Crippen molar-refractivity contribution >= 4 is 21.8 Å². The monoisotopic (exact) mass is 359 g/mol. The first kappa shape index (κ1) is 15.7. The van der Waals surface area contributed by atoms with E-state index in [1.807, 2.05) is 0 Å². The smallest absolute Gasteiger partial charge is 0.0471 e. The summed E-state index contributed by atoms with van der Waals surface area (Å²) in [5.41, 5.74) is 10.6. The molecule has 0 spiro atoms. The van der Waals surface area contributed by atoms with Crippen molar-refractivity contribution in [1.29, 1.82) is 0 Å². The lowest BCUT2D eigenvalue weighted by Gasteiger charge is -2.21. The van der Waals surface area contributed by atoms with E-state index < -0.39 is 0 Å². The van der Waals surface area contributed by atoms with Gasteiger partial charge in [0.25, 0.3) is 0 Å². The average Bonchev–Trinajstić information content (AvgIpc) is 3.21. The zero-order valence-corrected chi connectivity index (χ0v) is 16.1. The molecule has 0 bridgehead atoms. The number of H-pyrrole nitrogens is 1. The van der Waals surface area contributed by atoms with Crippen molar-refractivity contribution in [3.05, 3.63) is 96.1 Å². The van der Waals surface area contributed by atoms with E-state index in [0.717, 1.165) is 0 Å². The number of hydrogen-bond acceptors (Lipinski definition) is 0. The minimum absolute atomic E-state index is 0.0354. The van der Waals surface area contributed by atoms with Crippen LogP contribution in [0.1, 0.15) is 25.0 Å². The highest BCUT2D eigenvalue weighted by atomic mass is 14.7. The molecule has 0 fully saturated rings. The van der Waals surface area contributed by atoms with E-state index in [1.54, 1.807) is 0 Å². The highest BCUT2D eigenvalue weighted by Gasteiger charge is 2.36. The van der Waals surface area contributed by atoms with Crippen molar-refractivity contribution in [3.63, 3.8) is 0 Å². The van der Waals surface area contributed by atoms with E-state index in [-0.39, 0.29) is 5.41 Å². The highest BCUT2D eigenvalue weighted by Crippen LogP contribution is 2.52. The first-order valence-corrected chi connectivity index (χ1v) is 9.89. The fourth-order valence-electron chi connectivity index (χ4n) is 5.00. The van der Waals surface area contributed by atoms with Gasteiger partial charge in [-0.1, -0.05) is 86.6 Å². The lowest BCUT2D eigenvalue weighted by Crippen LogP contribution is -2.14. The van der Waals surface area contributed by atoms with Crippen molar-refractivity contribution < 1.29 is 0 Å². The van der Waals surface area contributed by atoms with E-state index in [2.05, 4.69) is 104 Å². The van der Waals surface area contributed by atoms with Gasteiger partial charge in [-0.3, -0.25) is 0 Å². The van der Waals surface area contributed by atoms with E-state index in [4.69, 9.17) is 0 Å². The maximum Gasteiger partial charge on any atom is 0.0471 e. The van der Waals surface area contributed by atoms with Crippen molar-refractivity contribution in [1.82, 2.24) is 4.98 Å². The normalized spacial score (nSPS) is 14.4. The van der Waals surface area contributed by atoms with Gasteiger partial charge in [0.15, 0.2) is 0 Å². The molecule has 5 aromatic rings. The van der Waals surface area contributed by atoms with Crippen LogP contribution in [-0.2, 0) is 5.41 Å². The lowest BCUT2D eigenvalue weighted by atomic mass is 9.82. The molecule has 0 aliphatic heterocycles. The van der Waals surface area contributed by atoms with Gasteiger partial charge >= 0.3 is 0 Å². The molecule has 1 nitrogen and oxygen atoms in total. The molecule has 4 aromatic carbocycles. The third-order valence-corrected chi connectivity index (χ3v) is 6.41. The van der Waals surface area contributed by atoms with Crippen LogP contribution in [0.3, 0.4) is 0 Å². The number of fused-ring (bicyclic) bond motifs is 7. The van der Waals surface area contributed by atoms with Gasteiger partial charge in [-0.2, -0.15) is 0 Å². The molecular formula is C27H21N. The molecule has 0 atom stereocenters. The summed E-state index contributed by atoms with van der Waals surface area (Å²) in [6.07, 6.45) is 0.